The van der Waals surface area contributed by atoms with Crippen molar-refractivity contribution in [3.05, 3.63) is 108 Å². The molecule has 0 unspecified atom stereocenters. The Bertz CT molecular complexity index is 1050. The summed E-state index contributed by atoms with van der Waals surface area (Å²) in [5.74, 6) is -0.182. The molecule has 0 saturated heterocycles. The molecule has 27 heavy (non-hydrogen) atoms. The van der Waals surface area contributed by atoms with Crippen molar-refractivity contribution in [2.45, 2.75) is 13.3 Å². The summed E-state index contributed by atoms with van der Waals surface area (Å²) in [6.45, 7) is 2.11. The third kappa shape index (κ3) is 3.54. The Morgan fingerprint density at radius 3 is 1.59 bits per heavy atom. The summed E-state index contributed by atoms with van der Waals surface area (Å²) in [4.78, 5) is 0. The highest BCUT2D eigenvalue weighted by Crippen LogP contribution is 2.33. The predicted octanol–water partition coefficient (Wildman–Crippen LogP) is 7.39. The first kappa shape index (κ1) is 17.2. The van der Waals surface area contributed by atoms with Crippen LogP contribution in [0.1, 0.15) is 12.5 Å². The zero-order valence-corrected chi connectivity index (χ0v) is 15.3. The van der Waals surface area contributed by atoms with E-state index < -0.39 is 0 Å². The molecule has 0 spiro atoms. The molecule has 0 atom stereocenters. The lowest BCUT2D eigenvalue weighted by molar-refractivity contribution is 0.631. The molecule has 4 aromatic carbocycles. The van der Waals surface area contributed by atoms with Crippen LogP contribution in [0.3, 0.4) is 0 Å². The van der Waals surface area contributed by atoms with Crippen LogP contribution in [0.5, 0.6) is 0 Å². The number of hydrogen-bond acceptors (Lipinski definition) is 0. The van der Waals surface area contributed by atoms with Crippen molar-refractivity contribution < 1.29 is 4.39 Å². The van der Waals surface area contributed by atoms with Gasteiger partial charge in [-0.3, -0.25) is 0 Å². The topological polar surface area (TPSA) is 0 Å². The van der Waals surface area contributed by atoms with Gasteiger partial charge in [-0.1, -0.05) is 97.9 Å². The van der Waals surface area contributed by atoms with Gasteiger partial charge in [0, 0.05) is 5.56 Å². The fourth-order valence-corrected chi connectivity index (χ4v) is 3.50. The smallest absolute Gasteiger partial charge is 0.131 e. The Labute approximate surface area is 159 Å². The normalized spacial score (nSPS) is 10.7. The molecule has 132 valence electrons. The molecule has 0 heterocycles. The Kier molecular flexibility index (Phi) is 4.84. The van der Waals surface area contributed by atoms with E-state index >= 15 is 0 Å². The van der Waals surface area contributed by atoms with Crippen molar-refractivity contribution in [2.75, 3.05) is 0 Å². The molecule has 0 aromatic heterocycles. The van der Waals surface area contributed by atoms with Gasteiger partial charge in [-0.2, -0.15) is 0 Å². The maximum atomic E-state index is 15.0. The lowest BCUT2D eigenvalue weighted by Gasteiger charge is -2.13. The molecule has 4 rings (SSSR count). The summed E-state index contributed by atoms with van der Waals surface area (Å²) >= 11 is 0. The van der Waals surface area contributed by atoms with Crippen molar-refractivity contribution in [3.8, 4) is 33.4 Å². The van der Waals surface area contributed by atoms with Gasteiger partial charge >= 0.3 is 0 Å². The maximum absolute atomic E-state index is 15.0. The summed E-state index contributed by atoms with van der Waals surface area (Å²) < 4.78 is 15.0. The number of halogens is 1. The van der Waals surface area contributed by atoms with Crippen molar-refractivity contribution in [1.82, 2.24) is 0 Å². The minimum atomic E-state index is -0.182. The number of rotatable bonds is 4. The van der Waals surface area contributed by atoms with E-state index in [4.69, 9.17) is 0 Å². The van der Waals surface area contributed by atoms with E-state index in [9.17, 15) is 4.39 Å². The van der Waals surface area contributed by atoms with Crippen LogP contribution in [0.25, 0.3) is 33.4 Å². The summed E-state index contributed by atoms with van der Waals surface area (Å²) in [5, 5.41) is 0. The third-order valence-corrected chi connectivity index (χ3v) is 4.96. The number of benzene rings is 4. The third-order valence-electron chi connectivity index (χ3n) is 4.96. The van der Waals surface area contributed by atoms with Gasteiger partial charge in [-0.15, -0.1) is 0 Å². The average Bonchev–Trinajstić information content (AvgIpc) is 2.74. The Morgan fingerprint density at radius 1 is 0.556 bits per heavy atom. The van der Waals surface area contributed by atoms with Crippen molar-refractivity contribution in [2.24, 2.45) is 0 Å². The van der Waals surface area contributed by atoms with Gasteiger partial charge in [0.05, 0.1) is 0 Å². The highest BCUT2D eigenvalue weighted by atomic mass is 19.1. The maximum Gasteiger partial charge on any atom is 0.131 e. The second-order valence-corrected chi connectivity index (χ2v) is 6.65. The Balaban J connectivity index is 1.75. The first-order valence-electron chi connectivity index (χ1n) is 9.30. The zero-order valence-electron chi connectivity index (χ0n) is 15.3. The summed E-state index contributed by atoms with van der Waals surface area (Å²) in [6.07, 6.45) is 0.857. The van der Waals surface area contributed by atoms with Crippen molar-refractivity contribution in [1.29, 1.82) is 0 Å². The summed E-state index contributed by atoms with van der Waals surface area (Å²) in [6, 6.07) is 32.0. The molecule has 4 aromatic rings. The van der Waals surface area contributed by atoms with Crippen LogP contribution in [0.2, 0.25) is 0 Å². The first-order chi connectivity index (χ1) is 13.3. The average molecular weight is 352 g/mol. The monoisotopic (exact) mass is 352 g/mol. The van der Waals surface area contributed by atoms with Crippen LogP contribution in [0.15, 0.2) is 97.1 Å². The summed E-state index contributed by atoms with van der Waals surface area (Å²) in [5.41, 5.74) is 7.05. The molecule has 0 saturated carbocycles. The minimum absolute atomic E-state index is 0.182. The highest BCUT2D eigenvalue weighted by molar-refractivity contribution is 5.76. The van der Waals surface area contributed by atoms with Gasteiger partial charge < -0.3 is 0 Å². The van der Waals surface area contributed by atoms with Crippen LogP contribution in [0.4, 0.5) is 4.39 Å². The van der Waals surface area contributed by atoms with E-state index in [0.717, 1.165) is 34.2 Å². The molecule has 0 radical (unpaired) electrons. The van der Waals surface area contributed by atoms with Gasteiger partial charge in [0.1, 0.15) is 5.82 Å². The predicted molar refractivity (Wildman–Crippen MR) is 112 cm³/mol. The van der Waals surface area contributed by atoms with Crippen molar-refractivity contribution in [3.63, 3.8) is 0 Å². The van der Waals surface area contributed by atoms with Crippen LogP contribution in [0, 0.1) is 5.82 Å². The van der Waals surface area contributed by atoms with Crippen LogP contribution in [-0.4, -0.2) is 0 Å². The molecule has 0 N–H and O–H groups in total. The molecule has 0 amide bonds. The number of hydrogen-bond donors (Lipinski definition) is 0. The SMILES string of the molecule is CCc1cc(-c2ccccc2)ccc1-c1ccc(-c2ccccc2)cc1F. The Hall–Kier alpha value is -3.19. The zero-order chi connectivity index (χ0) is 18.6. The lowest BCUT2D eigenvalue weighted by atomic mass is 9.92. The second-order valence-electron chi connectivity index (χ2n) is 6.65. The van der Waals surface area contributed by atoms with Crippen molar-refractivity contribution >= 4 is 0 Å². The van der Waals surface area contributed by atoms with Crippen LogP contribution < -0.4 is 0 Å². The van der Waals surface area contributed by atoms with E-state index in [0.29, 0.717) is 5.56 Å². The lowest BCUT2D eigenvalue weighted by Crippen LogP contribution is -1.93. The molecule has 1 heteroatoms. The second kappa shape index (κ2) is 7.59. The molecular weight excluding hydrogens is 331 g/mol. The standard InChI is InChI=1S/C26H21F/c1-2-19-17-22(20-9-5-3-6-10-20)13-15-24(19)25-16-14-23(18-26(25)27)21-11-7-4-8-12-21/h3-18H,2H2,1H3. The number of aryl methyl sites for hydroxylation is 1. The molecule has 0 fully saturated rings. The van der Waals surface area contributed by atoms with Crippen LogP contribution >= 0.6 is 0 Å². The molecule has 0 aliphatic rings. The molecule has 0 nitrogen and oxygen atoms in total. The van der Waals surface area contributed by atoms with Gasteiger partial charge in [0.2, 0.25) is 0 Å². The van der Waals surface area contributed by atoms with Crippen LogP contribution in [-0.2, 0) is 6.42 Å². The van der Waals surface area contributed by atoms with E-state index in [2.05, 4.69) is 31.2 Å². The first-order valence-corrected chi connectivity index (χ1v) is 9.30. The van der Waals surface area contributed by atoms with E-state index in [1.807, 2.05) is 66.7 Å². The molecule has 0 aliphatic heterocycles. The highest BCUT2D eigenvalue weighted by Gasteiger charge is 2.12. The van der Waals surface area contributed by atoms with E-state index in [-0.39, 0.29) is 5.82 Å². The van der Waals surface area contributed by atoms with Gasteiger partial charge in [0.15, 0.2) is 0 Å². The quantitative estimate of drug-likeness (QED) is 0.359. The Morgan fingerprint density at radius 2 is 1.07 bits per heavy atom. The largest absolute Gasteiger partial charge is 0.206 e. The van der Waals surface area contributed by atoms with Gasteiger partial charge in [-0.25, -0.2) is 4.39 Å². The van der Waals surface area contributed by atoms with Gasteiger partial charge in [0.25, 0.3) is 0 Å². The molecular formula is C26H21F. The molecule has 0 bridgehead atoms. The fraction of sp³-hybridized carbons (Fsp3) is 0.0769. The van der Waals surface area contributed by atoms with Gasteiger partial charge in [-0.05, 0) is 45.9 Å². The van der Waals surface area contributed by atoms with E-state index in [1.165, 1.54) is 5.56 Å². The summed E-state index contributed by atoms with van der Waals surface area (Å²) in [7, 11) is 0. The molecule has 0 aliphatic carbocycles. The minimum Gasteiger partial charge on any atom is -0.206 e. The fourth-order valence-electron chi connectivity index (χ4n) is 3.50. The van der Waals surface area contributed by atoms with E-state index in [1.54, 1.807) is 6.07 Å².